The fourth-order valence-electron chi connectivity index (χ4n) is 2.52. The van der Waals surface area contributed by atoms with E-state index in [0.29, 0.717) is 17.1 Å². The zero-order valence-electron chi connectivity index (χ0n) is 16.3. The fourth-order valence-corrected chi connectivity index (χ4v) is 2.74. The van der Waals surface area contributed by atoms with E-state index in [-0.39, 0.29) is 23.4 Å². The largest absolute Gasteiger partial charge is 0.439 e. The molecule has 2 aromatic carbocycles. The molecular weight excluding hydrogens is 447 g/mol. The summed E-state index contributed by atoms with van der Waals surface area (Å²) in [6.45, 7) is 3.47. The van der Waals surface area contributed by atoms with E-state index < -0.39 is 16.8 Å². The highest BCUT2D eigenvalue weighted by molar-refractivity contribution is 6.31. The van der Waals surface area contributed by atoms with Crippen LogP contribution in [0.4, 0.5) is 24.8 Å². The first-order chi connectivity index (χ1) is 15.2. The van der Waals surface area contributed by atoms with Crippen LogP contribution in [0.25, 0.3) is 11.4 Å². The Hall–Kier alpha value is -3.99. The van der Waals surface area contributed by atoms with Crippen molar-refractivity contribution in [3.8, 4) is 17.1 Å². The van der Waals surface area contributed by atoms with Gasteiger partial charge in [-0.2, -0.15) is 23.1 Å². The van der Waals surface area contributed by atoms with Crippen LogP contribution in [0.2, 0.25) is 5.02 Å². The molecule has 0 radical (unpaired) electrons. The van der Waals surface area contributed by atoms with Crippen LogP contribution in [-0.2, 0) is 6.18 Å². The smallest absolute Gasteiger partial charge is 0.417 e. The van der Waals surface area contributed by atoms with Gasteiger partial charge >= 0.3 is 6.18 Å². The number of aromatic nitrogens is 3. The number of hydrogen-bond donors (Lipinski definition) is 4. The van der Waals surface area contributed by atoms with Crippen LogP contribution in [0.3, 0.4) is 0 Å². The lowest BCUT2D eigenvalue weighted by Crippen LogP contribution is -2.08. The summed E-state index contributed by atoms with van der Waals surface area (Å²) in [5.41, 5.74) is 10.6. The number of aromatic amines is 1. The van der Waals surface area contributed by atoms with Crippen LogP contribution in [0.15, 0.2) is 72.1 Å². The standard InChI is InChI=1S/C20H17ClF3N7O/c1-11(26)27-17(8-9-25)32-14-5-2-12(3-6-14)18-29-19(31-30-18)28-13-4-7-16(21)15(10-13)20(22,23)24/h2-10H,1,25-26H2,(H2,28,29,30,31)/b9-8-,27-17?. The van der Waals surface area contributed by atoms with Crippen molar-refractivity contribution in [2.75, 3.05) is 5.32 Å². The van der Waals surface area contributed by atoms with Gasteiger partial charge in [-0.15, -0.1) is 5.10 Å². The van der Waals surface area contributed by atoms with Crippen LogP contribution >= 0.6 is 11.6 Å². The molecule has 0 aliphatic carbocycles. The minimum absolute atomic E-state index is 0.0550. The third kappa shape index (κ3) is 5.79. The summed E-state index contributed by atoms with van der Waals surface area (Å²) >= 11 is 5.63. The highest BCUT2D eigenvalue weighted by atomic mass is 35.5. The Morgan fingerprint density at radius 3 is 2.56 bits per heavy atom. The van der Waals surface area contributed by atoms with E-state index in [1.807, 2.05) is 0 Å². The second kappa shape index (κ2) is 9.43. The number of anilines is 2. The van der Waals surface area contributed by atoms with Gasteiger partial charge in [0.05, 0.1) is 10.6 Å². The summed E-state index contributed by atoms with van der Waals surface area (Å²) in [6.07, 6.45) is -1.91. The topological polar surface area (TPSA) is 127 Å². The monoisotopic (exact) mass is 463 g/mol. The molecule has 32 heavy (non-hydrogen) atoms. The third-order valence-corrected chi connectivity index (χ3v) is 4.19. The maximum atomic E-state index is 13.0. The predicted molar refractivity (Wildman–Crippen MR) is 116 cm³/mol. The van der Waals surface area contributed by atoms with Gasteiger partial charge in [0.25, 0.3) is 0 Å². The molecule has 0 unspecified atom stereocenters. The van der Waals surface area contributed by atoms with Crippen LogP contribution in [0.5, 0.6) is 5.75 Å². The molecule has 3 rings (SSSR count). The lowest BCUT2D eigenvalue weighted by atomic mass is 10.2. The summed E-state index contributed by atoms with van der Waals surface area (Å²) in [7, 11) is 0. The molecule has 0 bridgehead atoms. The van der Waals surface area contributed by atoms with Gasteiger partial charge in [-0.25, -0.2) is 0 Å². The van der Waals surface area contributed by atoms with E-state index in [4.69, 9.17) is 27.8 Å². The van der Waals surface area contributed by atoms with Gasteiger partial charge in [0.1, 0.15) is 11.6 Å². The number of nitrogens with two attached hydrogens (primary N) is 2. The molecule has 3 aromatic rings. The molecule has 0 aliphatic rings. The number of halogens is 4. The molecule has 0 fully saturated rings. The SMILES string of the molecule is C=C(N)N=C(/C=C\N)Oc1ccc(-c2nc(Nc3ccc(Cl)c(C(F)(F)F)c3)n[nH]2)cc1. The number of H-pyrrole nitrogens is 1. The average molecular weight is 464 g/mol. The fraction of sp³-hybridized carbons (Fsp3) is 0.0500. The minimum atomic E-state index is -4.58. The molecule has 0 amide bonds. The Balaban J connectivity index is 1.74. The van der Waals surface area contributed by atoms with Gasteiger partial charge < -0.3 is 21.5 Å². The van der Waals surface area contributed by atoms with Crippen molar-refractivity contribution in [1.29, 1.82) is 0 Å². The summed E-state index contributed by atoms with van der Waals surface area (Å²) in [5.74, 6) is 1.12. The van der Waals surface area contributed by atoms with E-state index in [2.05, 4.69) is 32.1 Å². The Labute approximate surface area is 185 Å². The number of nitrogens with one attached hydrogen (secondary N) is 2. The van der Waals surface area contributed by atoms with Crippen molar-refractivity contribution in [3.63, 3.8) is 0 Å². The molecule has 12 heteroatoms. The van der Waals surface area contributed by atoms with Crippen molar-refractivity contribution in [2.45, 2.75) is 6.18 Å². The molecule has 0 aliphatic heterocycles. The van der Waals surface area contributed by atoms with Crippen molar-refractivity contribution in [2.24, 2.45) is 16.5 Å². The van der Waals surface area contributed by atoms with Gasteiger partial charge in [-0.05, 0) is 48.7 Å². The maximum absolute atomic E-state index is 13.0. The molecule has 1 heterocycles. The lowest BCUT2D eigenvalue weighted by Gasteiger charge is -2.10. The zero-order chi connectivity index (χ0) is 23.3. The lowest BCUT2D eigenvalue weighted by molar-refractivity contribution is -0.137. The average Bonchev–Trinajstić information content (AvgIpc) is 3.17. The van der Waals surface area contributed by atoms with E-state index in [1.54, 1.807) is 24.3 Å². The molecular formula is C20H17ClF3N7O. The Morgan fingerprint density at radius 1 is 1.22 bits per heavy atom. The first kappa shape index (κ1) is 22.7. The van der Waals surface area contributed by atoms with E-state index in [9.17, 15) is 13.2 Å². The number of alkyl halides is 3. The molecule has 8 nitrogen and oxygen atoms in total. The van der Waals surface area contributed by atoms with E-state index >= 15 is 0 Å². The molecule has 0 saturated carbocycles. The summed E-state index contributed by atoms with van der Waals surface area (Å²) in [4.78, 5) is 8.15. The van der Waals surface area contributed by atoms with Gasteiger partial charge in [-0.3, -0.25) is 5.10 Å². The van der Waals surface area contributed by atoms with Crippen LogP contribution < -0.4 is 21.5 Å². The number of benzene rings is 2. The molecule has 0 atom stereocenters. The van der Waals surface area contributed by atoms with Gasteiger partial charge in [-0.1, -0.05) is 18.2 Å². The Morgan fingerprint density at radius 2 is 1.94 bits per heavy atom. The number of aliphatic imine (C=N–C) groups is 1. The molecule has 1 aromatic heterocycles. The summed E-state index contributed by atoms with van der Waals surface area (Å²) in [5, 5.41) is 9.00. The number of rotatable bonds is 6. The third-order valence-electron chi connectivity index (χ3n) is 3.86. The Bertz CT molecular complexity index is 1170. The Kier molecular flexibility index (Phi) is 6.69. The zero-order valence-corrected chi connectivity index (χ0v) is 17.1. The second-order valence-electron chi connectivity index (χ2n) is 6.25. The second-order valence-corrected chi connectivity index (χ2v) is 6.66. The van der Waals surface area contributed by atoms with E-state index in [1.165, 1.54) is 18.3 Å². The first-order valence-electron chi connectivity index (χ1n) is 8.91. The highest BCUT2D eigenvalue weighted by Gasteiger charge is 2.33. The maximum Gasteiger partial charge on any atom is 0.417 e. The molecule has 0 saturated heterocycles. The summed E-state index contributed by atoms with van der Waals surface area (Å²) in [6, 6.07) is 10.1. The van der Waals surface area contributed by atoms with Crippen molar-refractivity contribution >= 4 is 29.1 Å². The van der Waals surface area contributed by atoms with Crippen LogP contribution in [0.1, 0.15) is 5.56 Å². The quantitative estimate of drug-likeness (QED) is 0.313. The molecule has 0 spiro atoms. The van der Waals surface area contributed by atoms with Gasteiger partial charge in [0.15, 0.2) is 5.82 Å². The number of nitrogens with zero attached hydrogens (tertiary/aromatic N) is 3. The number of ether oxygens (including phenoxy) is 1. The highest BCUT2D eigenvalue weighted by Crippen LogP contribution is 2.36. The molecule has 166 valence electrons. The minimum Gasteiger partial charge on any atom is -0.439 e. The van der Waals surface area contributed by atoms with Crippen molar-refractivity contribution < 1.29 is 17.9 Å². The van der Waals surface area contributed by atoms with Gasteiger partial charge in [0.2, 0.25) is 11.8 Å². The number of hydrogen-bond acceptors (Lipinski definition) is 7. The first-order valence-corrected chi connectivity index (χ1v) is 9.29. The summed E-state index contributed by atoms with van der Waals surface area (Å²) < 4.78 is 44.6. The predicted octanol–water partition coefficient (Wildman–Crippen LogP) is 4.57. The van der Waals surface area contributed by atoms with Gasteiger partial charge in [0, 0.05) is 17.3 Å². The van der Waals surface area contributed by atoms with Crippen LogP contribution in [-0.4, -0.2) is 21.1 Å². The molecule has 6 N–H and O–H groups in total. The normalized spacial score (nSPS) is 12.2. The van der Waals surface area contributed by atoms with Crippen molar-refractivity contribution in [3.05, 3.63) is 77.7 Å². The van der Waals surface area contributed by atoms with Crippen molar-refractivity contribution in [1.82, 2.24) is 15.2 Å². The van der Waals surface area contributed by atoms with Crippen LogP contribution in [0, 0.1) is 0 Å². The van der Waals surface area contributed by atoms with E-state index in [0.717, 1.165) is 12.1 Å².